The van der Waals surface area contributed by atoms with Crippen LogP contribution in [0.1, 0.15) is 27.2 Å². The zero-order valence-electron chi connectivity index (χ0n) is 15.5. The highest BCUT2D eigenvalue weighted by Crippen LogP contribution is 2.20. The van der Waals surface area contributed by atoms with E-state index in [9.17, 15) is 13.2 Å². The average molecular weight is 368 g/mol. The molecule has 0 saturated carbocycles. The first kappa shape index (κ1) is 19.7. The van der Waals surface area contributed by atoms with Gasteiger partial charge in [0.1, 0.15) is 0 Å². The fourth-order valence-corrected chi connectivity index (χ4v) is 5.07. The molecule has 1 heterocycles. The Labute approximate surface area is 151 Å². The summed E-state index contributed by atoms with van der Waals surface area (Å²) in [5.74, 6) is 0.235. The van der Waals surface area contributed by atoms with Crippen LogP contribution in [0.4, 0.5) is 11.4 Å². The van der Waals surface area contributed by atoms with Crippen molar-refractivity contribution in [3.63, 3.8) is 0 Å². The smallest absolute Gasteiger partial charge is 0.238 e. The van der Waals surface area contributed by atoms with Crippen LogP contribution >= 0.6 is 0 Å². The Balaban J connectivity index is 1.90. The van der Waals surface area contributed by atoms with Crippen molar-refractivity contribution in [3.05, 3.63) is 24.3 Å². The molecule has 1 atom stereocenters. The Bertz CT molecular complexity index is 686. The van der Waals surface area contributed by atoms with Gasteiger partial charge in [-0.1, -0.05) is 0 Å². The Morgan fingerprint density at radius 2 is 1.92 bits per heavy atom. The molecule has 0 aliphatic carbocycles. The number of rotatable bonds is 7. The fraction of sp³-hybridized carbons (Fsp3) is 0.611. The molecule has 1 aliphatic heterocycles. The van der Waals surface area contributed by atoms with Crippen LogP contribution in [-0.4, -0.2) is 63.0 Å². The minimum atomic E-state index is -2.94. The summed E-state index contributed by atoms with van der Waals surface area (Å²) in [4.78, 5) is 16.3. The summed E-state index contributed by atoms with van der Waals surface area (Å²) in [6, 6.07) is 8.17. The van der Waals surface area contributed by atoms with E-state index in [1.807, 2.05) is 29.2 Å². The second kappa shape index (κ2) is 8.19. The van der Waals surface area contributed by atoms with Crippen LogP contribution in [0.15, 0.2) is 24.3 Å². The summed E-state index contributed by atoms with van der Waals surface area (Å²) < 4.78 is 23.1. The lowest BCUT2D eigenvalue weighted by molar-refractivity contribution is -0.117. The van der Waals surface area contributed by atoms with E-state index in [0.717, 1.165) is 17.9 Å². The van der Waals surface area contributed by atoms with Gasteiger partial charge >= 0.3 is 0 Å². The van der Waals surface area contributed by atoms with Crippen molar-refractivity contribution in [1.29, 1.82) is 0 Å². The van der Waals surface area contributed by atoms with Crippen molar-refractivity contribution in [1.82, 2.24) is 4.90 Å². The number of likely N-dealkylation sites (N-methyl/N-ethyl adjacent to an activating group) is 1. The number of carbonyl (C=O) groups is 1. The van der Waals surface area contributed by atoms with Crippen LogP contribution in [-0.2, 0) is 14.6 Å². The third-order valence-corrected chi connectivity index (χ3v) is 6.42. The Kier molecular flexibility index (Phi) is 6.46. The van der Waals surface area contributed by atoms with E-state index in [1.54, 1.807) is 7.05 Å². The minimum absolute atomic E-state index is 0.0673. The van der Waals surface area contributed by atoms with Crippen LogP contribution in [0.5, 0.6) is 0 Å². The first-order valence-corrected chi connectivity index (χ1v) is 10.6. The molecule has 25 heavy (non-hydrogen) atoms. The maximum absolute atomic E-state index is 12.2. The molecule has 7 heteroatoms. The van der Waals surface area contributed by atoms with Crippen molar-refractivity contribution in [2.75, 3.05) is 41.9 Å². The molecular weight excluding hydrogens is 338 g/mol. The van der Waals surface area contributed by atoms with Crippen molar-refractivity contribution in [3.8, 4) is 0 Å². The van der Waals surface area contributed by atoms with Crippen molar-refractivity contribution in [2.24, 2.45) is 0 Å². The number of sulfone groups is 1. The van der Waals surface area contributed by atoms with Crippen LogP contribution in [0.25, 0.3) is 0 Å². The summed E-state index contributed by atoms with van der Waals surface area (Å²) in [5.41, 5.74) is 1.88. The highest BCUT2D eigenvalue weighted by Gasteiger charge is 2.31. The molecule has 0 bridgehead atoms. The number of hydrogen-bond acceptors (Lipinski definition) is 5. The zero-order chi connectivity index (χ0) is 18.6. The van der Waals surface area contributed by atoms with Gasteiger partial charge in [-0.15, -0.1) is 0 Å². The molecule has 1 unspecified atom stereocenters. The molecule has 0 radical (unpaired) electrons. The van der Waals surface area contributed by atoms with E-state index in [0.29, 0.717) is 12.5 Å². The number of nitrogens with one attached hydrogen (secondary N) is 1. The van der Waals surface area contributed by atoms with E-state index in [-0.39, 0.29) is 30.0 Å². The van der Waals surface area contributed by atoms with Crippen LogP contribution < -0.4 is 10.2 Å². The average Bonchev–Trinajstić information content (AvgIpc) is 2.89. The quantitative estimate of drug-likeness (QED) is 0.798. The predicted octanol–water partition coefficient (Wildman–Crippen LogP) is 1.98. The highest BCUT2D eigenvalue weighted by atomic mass is 32.2. The Morgan fingerprint density at radius 1 is 1.28 bits per heavy atom. The van der Waals surface area contributed by atoms with E-state index < -0.39 is 9.84 Å². The van der Waals surface area contributed by atoms with Gasteiger partial charge in [0.25, 0.3) is 0 Å². The van der Waals surface area contributed by atoms with Crippen molar-refractivity contribution >= 4 is 27.1 Å². The lowest BCUT2D eigenvalue weighted by atomic mass is 10.2. The summed E-state index contributed by atoms with van der Waals surface area (Å²) >= 11 is 0. The number of nitrogens with zero attached hydrogens (tertiary/aromatic N) is 2. The van der Waals surface area contributed by atoms with Crippen LogP contribution in [0.3, 0.4) is 0 Å². The molecule has 1 N–H and O–H groups in total. The molecule has 140 valence electrons. The third-order valence-electron chi connectivity index (χ3n) is 4.67. The van der Waals surface area contributed by atoms with Gasteiger partial charge in [-0.2, -0.15) is 0 Å². The van der Waals surface area contributed by atoms with Crippen LogP contribution in [0.2, 0.25) is 0 Å². The third kappa shape index (κ3) is 5.44. The normalized spacial score (nSPS) is 19.4. The lowest BCUT2D eigenvalue weighted by Gasteiger charge is -2.27. The van der Waals surface area contributed by atoms with Gasteiger partial charge in [0.15, 0.2) is 9.84 Å². The van der Waals surface area contributed by atoms with Gasteiger partial charge in [0.2, 0.25) is 5.91 Å². The SMILES string of the molecule is CCN(c1ccc(NC(=O)CN(C)C2CCS(=O)(=O)C2)cc1)C(C)C. The number of amides is 1. The molecule has 1 aromatic rings. The van der Waals surface area contributed by atoms with Gasteiger partial charge in [0, 0.05) is 30.0 Å². The number of hydrogen-bond donors (Lipinski definition) is 1. The van der Waals surface area contributed by atoms with Gasteiger partial charge in [0.05, 0.1) is 18.1 Å². The summed E-state index contributed by atoms with van der Waals surface area (Å²) in [6.45, 7) is 7.54. The minimum Gasteiger partial charge on any atom is -0.369 e. The Morgan fingerprint density at radius 3 is 2.40 bits per heavy atom. The van der Waals surface area contributed by atoms with Gasteiger partial charge < -0.3 is 10.2 Å². The molecule has 1 fully saturated rings. The molecule has 1 amide bonds. The van der Waals surface area contributed by atoms with E-state index >= 15 is 0 Å². The number of carbonyl (C=O) groups excluding carboxylic acids is 1. The van der Waals surface area contributed by atoms with E-state index in [4.69, 9.17) is 0 Å². The molecule has 1 aromatic carbocycles. The standard InChI is InChI=1S/C18H29N3O3S/c1-5-21(14(2)3)16-8-6-15(7-9-16)19-18(22)12-20(4)17-10-11-25(23,24)13-17/h6-9,14,17H,5,10-13H2,1-4H3,(H,19,22). The number of anilines is 2. The van der Waals surface area contributed by atoms with Crippen molar-refractivity contribution in [2.45, 2.75) is 39.3 Å². The predicted molar refractivity (Wildman–Crippen MR) is 103 cm³/mol. The molecule has 1 saturated heterocycles. The summed E-state index contributed by atoms with van der Waals surface area (Å²) in [6.07, 6.45) is 0.600. The molecule has 0 spiro atoms. The fourth-order valence-electron chi connectivity index (χ4n) is 3.26. The summed E-state index contributed by atoms with van der Waals surface area (Å²) in [7, 11) is -1.13. The van der Waals surface area contributed by atoms with E-state index in [2.05, 4.69) is 31.0 Å². The number of benzene rings is 1. The molecule has 0 aromatic heterocycles. The van der Waals surface area contributed by atoms with Crippen molar-refractivity contribution < 1.29 is 13.2 Å². The van der Waals surface area contributed by atoms with Gasteiger partial charge in [-0.05, 0) is 58.5 Å². The maximum atomic E-state index is 12.2. The molecular formula is C18H29N3O3S. The molecule has 2 rings (SSSR count). The second-order valence-electron chi connectivity index (χ2n) is 6.95. The first-order chi connectivity index (χ1) is 11.7. The summed E-state index contributed by atoms with van der Waals surface area (Å²) in [5, 5.41) is 2.88. The largest absolute Gasteiger partial charge is 0.369 e. The molecule has 6 nitrogen and oxygen atoms in total. The lowest BCUT2D eigenvalue weighted by Crippen LogP contribution is -2.38. The highest BCUT2D eigenvalue weighted by molar-refractivity contribution is 7.91. The van der Waals surface area contributed by atoms with Gasteiger partial charge in [-0.3, -0.25) is 9.69 Å². The topological polar surface area (TPSA) is 69.7 Å². The second-order valence-corrected chi connectivity index (χ2v) is 9.18. The zero-order valence-corrected chi connectivity index (χ0v) is 16.3. The maximum Gasteiger partial charge on any atom is 0.238 e. The first-order valence-electron chi connectivity index (χ1n) is 8.79. The van der Waals surface area contributed by atoms with E-state index in [1.165, 1.54) is 0 Å². The van der Waals surface area contributed by atoms with Gasteiger partial charge in [-0.25, -0.2) is 8.42 Å². The molecule has 1 aliphatic rings. The monoisotopic (exact) mass is 367 g/mol. The Hall–Kier alpha value is -1.60. The van der Waals surface area contributed by atoms with Crippen LogP contribution in [0, 0.1) is 0 Å².